The summed E-state index contributed by atoms with van der Waals surface area (Å²) in [7, 11) is 0. The lowest BCUT2D eigenvalue weighted by molar-refractivity contribution is 0.388. The van der Waals surface area contributed by atoms with Gasteiger partial charge in [-0.1, -0.05) is 35.5 Å². The number of nitrogens with zero attached hydrogens (tertiary/aromatic N) is 1. The number of aryl methyl sites for hydroxylation is 1. The van der Waals surface area contributed by atoms with E-state index < -0.39 is 0 Å². The molecule has 1 N–H and O–H groups in total. The van der Waals surface area contributed by atoms with Gasteiger partial charge in [0.2, 0.25) is 0 Å². The van der Waals surface area contributed by atoms with E-state index in [0.717, 1.165) is 24.5 Å². The van der Waals surface area contributed by atoms with Crippen LogP contribution in [-0.4, -0.2) is 5.16 Å². The van der Waals surface area contributed by atoms with Crippen LogP contribution in [0.15, 0.2) is 52.4 Å². The molecule has 0 saturated carbocycles. The molecular formula is C16H16N2OS. The number of rotatable bonds is 5. The molecule has 0 radical (unpaired) electrons. The van der Waals surface area contributed by atoms with Crippen LogP contribution in [0, 0.1) is 6.92 Å². The molecule has 3 rings (SSSR count). The molecule has 0 amide bonds. The van der Waals surface area contributed by atoms with Crippen LogP contribution in [0.1, 0.15) is 16.3 Å². The second kappa shape index (κ2) is 6.03. The zero-order chi connectivity index (χ0) is 13.8. The maximum Gasteiger partial charge on any atom is 0.133 e. The van der Waals surface area contributed by atoms with Gasteiger partial charge in [0.25, 0.3) is 0 Å². The van der Waals surface area contributed by atoms with Gasteiger partial charge in [0.15, 0.2) is 0 Å². The molecule has 0 saturated heterocycles. The highest BCUT2D eigenvalue weighted by Gasteiger charge is 2.03. The third kappa shape index (κ3) is 3.15. The van der Waals surface area contributed by atoms with Crippen molar-refractivity contribution in [3.05, 3.63) is 64.2 Å². The van der Waals surface area contributed by atoms with Crippen LogP contribution in [0.2, 0.25) is 0 Å². The summed E-state index contributed by atoms with van der Waals surface area (Å²) in [5.41, 5.74) is 3.49. The highest BCUT2D eigenvalue weighted by molar-refractivity contribution is 7.10. The van der Waals surface area contributed by atoms with Crippen molar-refractivity contribution in [1.82, 2.24) is 10.5 Å². The van der Waals surface area contributed by atoms with Crippen LogP contribution in [0.5, 0.6) is 0 Å². The van der Waals surface area contributed by atoms with Crippen LogP contribution in [0.3, 0.4) is 0 Å². The van der Waals surface area contributed by atoms with E-state index in [1.54, 1.807) is 11.3 Å². The lowest BCUT2D eigenvalue weighted by Gasteiger charge is -1.99. The van der Waals surface area contributed by atoms with Gasteiger partial charge >= 0.3 is 0 Å². The van der Waals surface area contributed by atoms with Crippen LogP contribution in [0.25, 0.3) is 11.1 Å². The number of aromatic nitrogens is 1. The summed E-state index contributed by atoms with van der Waals surface area (Å²) in [4.78, 5) is 1.32. The molecule has 1 aromatic carbocycles. The van der Waals surface area contributed by atoms with Crippen molar-refractivity contribution >= 4 is 11.3 Å². The predicted molar refractivity (Wildman–Crippen MR) is 81.5 cm³/mol. The number of hydrogen-bond acceptors (Lipinski definition) is 4. The minimum atomic E-state index is 0.732. The van der Waals surface area contributed by atoms with Gasteiger partial charge < -0.3 is 9.84 Å². The van der Waals surface area contributed by atoms with E-state index in [0.29, 0.717) is 0 Å². The topological polar surface area (TPSA) is 38.1 Å². The standard InChI is InChI=1S/C16H16N2OS/c1-12-7-15(18-19-12)9-17-10-16-8-14(11-20-16)13-5-3-2-4-6-13/h2-8,11,17H,9-10H2,1H3. The Morgan fingerprint density at radius 1 is 1.10 bits per heavy atom. The normalized spacial score (nSPS) is 10.8. The first-order valence-corrected chi connectivity index (χ1v) is 7.45. The Morgan fingerprint density at radius 3 is 2.70 bits per heavy atom. The highest BCUT2D eigenvalue weighted by Crippen LogP contribution is 2.25. The van der Waals surface area contributed by atoms with Gasteiger partial charge in [-0.25, -0.2) is 0 Å². The zero-order valence-electron chi connectivity index (χ0n) is 11.3. The number of nitrogens with one attached hydrogen (secondary N) is 1. The Balaban J connectivity index is 1.58. The largest absolute Gasteiger partial charge is 0.361 e. The summed E-state index contributed by atoms with van der Waals surface area (Å²) >= 11 is 1.78. The number of hydrogen-bond donors (Lipinski definition) is 1. The molecule has 2 heterocycles. The molecule has 0 fully saturated rings. The van der Waals surface area contributed by atoms with Crippen molar-refractivity contribution in [2.24, 2.45) is 0 Å². The Bertz CT molecular complexity index is 673. The molecule has 0 aliphatic heterocycles. The van der Waals surface area contributed by atoms with Crippen LogP contribution in [0.4, 0.5) is 0 Å². The fourth-order valence-electron chi connectivity index (χ4n) is 2.07. The van der Waals surface area contributed by atoms with Crippen LogP contribution >= 0.6 is 11.3 Å². The molecular weight excluding hydrogens is 268 g/mol. The van der Waals surface area contributed by atoms with Crippen molar-refractivity contribution < 1.29 is 4.52 Å². The summed E-state index contributed by atoms with van der Waals surface area (Å²) < 4.78 is 5.04. The Hall–Kier alpha value is -1.91. The first-order valence-electron chi connectivity index (χ1n) is 6.57. The molecule has 2 aromatic heterocycles. The lowest BCUT2D eigenvalue weighted by Crippen LogP contribution is -2.11. The monoisotopic (exact) mass is 284 g/mol. The molecule has 0 spiro atoms. The minimum Gasteiger partial charge on any atom is -0.361 e. The van der Waals surface area contributed by atoms with Gasteiger partial charge in [-0.15, -0.1) is 11.3 Å². The Labute approximate surface area is 122 Å². The Morgan fingerprint density at radius 2 is 1.95 bits per heavy atom. The van der Waals surface area contributed by atoms with E-state index in [1.165, 1.54) is 16.0 Å². The summed E-state index contributed by atoms with van der Waals surface area (Å²) in [6, 6.07) is 14.6. The van der Waals surface area contributed by atoms with E-state index >= 15 is 0 Å². The summed E-state index contributed by atoms with van der Waals surface area (Å²) in [5, 5.41) is 9.55. The third-order valence-corrected chi connectivity index (χ3v) is 3.98. The van der Waals surface area contributed by atoms with E-state index in [9.17, 15) is 0 Å². The van der Waals surface area contributed by atoms with E-state index in [4.69, 9.17) is 4.52 Å². The molecule has 3 aromatic rings. The molecule has 0 atom stereocenters. The van der Waals surface area contributed by atoms with Crippen LogP contribution in [-0.2, 0) is 13.1 Å². The minimum absolute atomic E-state index is 0.732. The zero-order valence-corrected chi connectivity index (χ0v) is 12.1. The molecule has 4 heteroatoms. The van der Waals surface area contributed by atoms with Crippen molar-refractivity contribution in [3.63, 3.8) is 0 Å². The van der Waals surface area contributed by atoms with Crippen molar-refractivity contribution in [2.75, 3.05) is 0 Å². The maximum atomic E-state index is 5.04. The van der Waals surface area contributed by atoms with Gasteiger partial charge in [0.1, 0.15) is 5.76 Å². The van der Waals surface area contributed by atoms with E-state index in [-0.39, 0.29) is 0 Å². The number of thiophene rings is 1. The average Bonchev–Trinajstić information content (AvgIpc) is 3.09. The summed E-state index contributed by atoms with van der Waals surface area (Å²) in [5.74, 6) is 0.851. The van der Waals surface area contributed by atoms with E-state index in [2.05, 4.69) is 46.2 Å². The molecule has 0 bridgehead atoms. The predicted octanol–water partition coefficient (Wildman–Crippen LogP) is 4.00. The average molecular weight is 284 g/mol. The summed E-state index contributed by atoms with van der Waals surface area (Å²) in [6.07, 6.45) is 0. The van der Waals surface area contributed by atoms with Gasteiger partial charge in [-0.3, -0.25) is 0 Å². The molecule has 0 unspecified atom stereocenters. The molecule has 102 valence electrons. The smallest absolute Gasteiger partial charge is 0.133 e. The lowest BCUT2D eigenvalue weighted by atomic mass is 10.1. The second-order valence-corrected chi connectivity index (χ2v) is 5.70. The quantitative estimate of drug-likeness (QED) is 0.769. The van der Waals surface area contributed by atoms with Crippen molar-refractivity contribution in [1.29, 1.82) is 0 Å². The second-order valence-electron chi connectivity index (χ2n) is 4.70. The van der Waals surface area contributed by atoms with Gasteiger partial charge in [-0.2, -0.15) is 0 Å². The van der Waals surface area contributed by atoms with Gasteiger partial charge in [-0.05, 0) is 29.5 Å². The molecule has 0 aliphatic rings. The third-order valence-electron chi connectivity index (χ3n) is 3.04. The Kier molecular flexibility index (Phi) is 3.95. The molecule has 20 heavy (non-hydrogen) atoms. The molecule has 0 aliphatic carbocycles. The van der Waals surface area contributed by atoms with E-state index in [1.807, 2.05) is 19.1 Å². The fraction of sp³-hybridized carbons (Fsp3) is 0.188. The van der Waals surface area contributed by atoms with Gasteiger partial charge in [0.05, 0.1) is 5.69 Å². The van der Waals surface area contributed by atoms with Crippen molar-refractivity contribution in [2.45, 2.75) is 20.0 Å². The summed E-state index contributed by atoms with van der Waals surface area (Å²) in [6.45, 7) is 3.49. The first-order chi connectivity index (χ1) is 9.81. The molecule has 3 nitrogen and oxygen atoms in total. The number of benzene rings is 1. The highest BCUT2D eigenvalue weighted by atomic mass is 32.1. The van der Waals surface area contributed by atoms with Crippen LogP contribution < -0.4 is 5.32 Å². The fourth-order valence-corrected chi connectivity index (χ4v) is 2.93. The maximum absolute atomic E-state index is 5.04. The first kappa shape index (κ1) is 13.1. The van der Waals surface area contributed by atoms with Crippen molar-refractivity contribution in [3.8, 4) is 11.1 Å². The van der Waals surface area contributed by atoms with Gasteiger partial charge in [0, 0.05) is 24.0 Å². The SMILES string of the molecule is Cc1cc(CNCc2cc(-c3ccccc3)cs2)no1.